The largest absolute Gasteiger partial charge is 0.479 e. The molecule has 1 aromatic carbocycles. The molecule has 8 heteroatoms. The maximum absolute atomic E-state index is 12.8. The summed E-state index contributed by atoms with van der Waals surface area (Å²) < 4.78 is 23.1. The summed E-state index contributed by atoms with van der Waals surface area (Å²) in [7, 11) is 0. The predicted molar refractivity (Wildman–Crippen MR) is 77.2 cm³/mol. The van der Waals surface area contributed by atoms with Crippen LogP contribution in [0.5, 0.6) is 5.75 Å². The van der Waals surface area contributed by atoms with Gasteiger partial charge >= 0.3 is 12.0 Å². The van der Waals surface area contributed by atoms with E-state index in [0.29, 0.717) is 12.3 Å². The molecule has 0 saturated carbocycles. The number of urea groups is 1. The van der Waals surface area contributed by atoms with Crippen LogP contribution < -0.4 is 10.1 Å². The number of nitrogens with zero attached hydrogens (tertiary/aromatic N) is 1. The number of benzene rings is 1. The fraction of sp³-hybridized carbons (Fsp3) is 0.400. The summed E-state index contributed by atoms with van der Waals surface area (Å²) in [5, 5.41) is 2.49. The first-order chi connectivity index (χ1) is 10.9. The van der Waals surface area contributed by atoms with Crippen LogP contribution >= 0.6 is 0 Å². The Balaban J connectivity index is 1.88. The van der Waals surface area contributed by atoms with Crippen LogP contribution in [0.15, 0.2) is 24.3 Å². The molecule has 2 atom stereocenters. The molecule has 0 spiro atoms. The van der Waals surface area contributed by atoms with Crippen LogP contribution in [0.4, 0.5) is 9.18 Å². The topological polar surface area (TPSA) is 84.9 Å². The molecule has 1 heterocycles. The first-order valence-corrected chi connectivity index (χ1v) is 7.10. The van der Waals surface area contributed by atoms with Crippen molar-refractivity contribution in [2.75, 3.05) is 13.1 Å². The second kappa shape index (κ2) is 7.08. The van der Waals surface area contributed by atoms with Crippen LogP contribution in [-0.4, -0.2) is 48.1 Å². The summed E-state index contributed by atoms with van der Waals surface area (Å²) in [5.74, 6) is -1.47. The number of ether oxygens (including phenoxy) is 2. The zero-order chi connectivity index (χ0) is 17.0. The third-order valence-corrected chi connectivity index (χ3v) is 3.22. The minimum Gasteiger partial charge on any atom is -0.479 e. The molecule has 23 heavy (non-hydrogen) atoms. The van der Waals surface area contributed by atoms with E-state index in [0.717, 1.165) is 4.90 Å². The van der Waals surface area contributed by atoms with Crippen molar-refractivity contribution in [2.45, 2.75) is 26.1 Å². The molecule has 124 valence electrons. The van der Waals surface area contributed by atoms with Gasteiger partial charge in [0.25, 0.3) is 5.91 Å². The first kappa shape index (κ1) is 16.7. The number of hydrogen-bond acceptors (Lipinski definition) is 5. The fourth-order valence-electron chi connectivity index (χ4n) is 1.99. The second-order valence-corrected chi connectivity index (χ2v) is 5.01. The average molecular weight is 324 g/mol. The lowest BCUT2D eigenvalue weighted by Crippen LogP contribution is -2.43. The number of rotatable bonds is 5. The van der Waals surface area contributed by atoms with Crippen molar-refractivity contribution in [2.24, 2.45) is 0 Å². The second-order valence-electron chi connectivity index (χ2n) is 5.01. The van der Waals surface area contributed by atoms with E-state index >= 15 is 0 Å². The van der Waals surface area contributed by atoms with Crippen molar-refractivity contribution < 1.29 is 28.2 Å². The van der Waals surface area contributed by atoms with E-state index in [1.165, 1.54) is 38.1 Å². The van der Waals surface area contributed by atoms with E-state index in [4.69, 9.17) is 9.47 Å². The van der Waals surface area contributed by atoms with Crippen LogP contribution in [0.25, 0.3) is 0 Å². The van der Waals surface area contributed by atoms with Crippen molar-refractivity contribution >= 4 is 17.9 Å². The molecule has 7 nitrogen and oxygen atoms in total. The predicted octanol–water partition coefficient (Wildman–Crippen LogP) is 1.08. The first-order valence-electron chi connectivity index (χ1n) is 7.10. The molecule has 0 unspecified atom stereocenters. The van der Waals surface area contributed by atoms with Gasteiger partial charge in [-0.15, -0.1) is 0 Å². The Morgan fingerprint density at radius 1 is 1.22 bits per heavy atom. The molecule has 0 bridgehead atoms. The van der Waals surface area contributed by atoms with Crippen molar-refractivity contribution in [1.82, 2.24) is 10.2 Å². The number of carbonyl (C=O) groups is 3. The molecule has 0 aliphatic carbocycles. The third kappa shape index (κ3) is 4.18. The highest BCUT2D eigenvalue weighted by molar-refractivity contribution is 5.98. The number of imide groups is 1. The van der Waals surface area contributed by atoms with E-state index in [9.17, 15) is 18.8 Å². The smallest absolute Gasteiger partial charge is 0.347 e. The van der Waals surface area contributed by atoms with Gasteiger partial charge in [-0.25, -0.2) is 14.0 Å². The number of amides is 3. The molecule has 0 radical (unpaired) electrons. The molecule has 1 N–H and O–H groups in total. The lowest BCUT2D eigenvalue weighted by molar-refractivity contribution is -0.163. The Morgan fingerprint density at radius 2 is 1.87 bits per heavy atom. The monoisotopic (exact) mass is 324 g/mol. The van der Waals surface area contributed by atoms with Gasteiger partial charge < -0.3 is 14.8 Å². The van der Waals surface area contributed by atoms with Crippen LogP contribution in [-0.2, 0) is 14.3 Å². The summed E-state index contributed by atoms with van der Waals surface area (Å²) in [6.45, 7) is 3.44. The van der Waals surface area contributed by atoms with E-state index in [-0.39, 0.29) is 6.54 Å². The van der Waals surface area contributed by atoms with Gasteiger partial charge in [-0.3, -0.25) is 9.69 Å². The Hall–Kier alpha value is -2.64. The quantitative estimate of drug-likeness (QED) is 0.819. The maximum Gasteiger partial charge on any atom is 0.347 e. The van der Waals surface area contributed by atoms with Crippen LogP contribution in [0.2, 0.25) is 0 Å². The van der Waals surface area contributed by atoms with Crippen molar-refractivity contribution in [3.63, 3.8) is 0 Å². The minimum atomic E-state index is -1.11. The van der Waals surface area contributed by atoms with Gasteiger partial charge in [-0.05, 0) is 38.1 Å². The molecule has 1 aliphatic heterocycles. The number of esters is 1. The molecule has 1 fully saturated rings. The summed E-state index contributed by atoms with van der Waals surface area (Å²) in [4.78, 5) is 36.3. The molecule has 1 saturated heterocycles. The summed E-state index contributed by atoms with van der Waals surface area (Å²) in [5.41, 5.74) is 0. The van der Waals surface area contributed by atoms with Gasteiger partial charge in [0.15, 0.2) is 12.2 Å². The van der Waals surface area contributed by atoms with Gasteiger partial charge in [-0.1, -0.05) is 0 Å². The molecule has 0 aromatic heterocycles. The number of nitrogens with one attached hydrogen (secondary N) is 1. The van der Waals surface area contributed by atoms with Crippen LogP contribution in [0.1, 0.15) is 13.8 Å². The van der Waals surface area contributed by atoms with Gasteiger partial charge in [-0.2, -0.15) is 0 Å². The van der Waals surface area contributed by atoms with Crippen LogP contribution in [0.3, 0.4) is 0 Å². The molecular formula is C15H17FN2O5. The highest BCUT2D eigenvalue weighted by Gasteiger charge is 2.32. The van der Waals surface area contributed by atoms with Gasteiger partial charge in [0.2, 0.25) is 0 Å². The molecule has 3 amide bonds. The van der Waals surface area contributed by atoms with Crippen LogP contribution in [0, 0.1) is 5.82 Å². The highest BCUT2D eigenvalue weighted by Crippen LogP contribution is 2.14. The Labute approximate surface area is 132 Å². The Kier molecular flexibility index (Phi) is 5.15. The SMILES string of the molecule is C[C@H](OC(=O)[C@@H](C)Oc1ccc(F)cc1)C(=O)N1CCNC1=O. The van der Waals surface area contributed by atoms with Crippen molar-refractivity contribution in [3.05, 3.63) is 30.1 Å². The van der Waals surface area contributed by atoms with Gasteiger partial charge in [0, 0.05) is 13.1 Å². The zero-order valence-corrected chi connectivity index (χ0v) is 12.7. The highest BCUT2D eigenvalue weighted by atomic mass is 19.1. The maximum atomic E-state index is 12.8. The van der Waals surface area contributed by atoms with Gasteiger partial charge in [0.05, 0.1) is 0 Å². The Morgan fingerprint density at radius 3 is 2.43 bits per heavy atom. The van der Waals surface area contributed by atoms with E-state index in [1.807, 2.05) is 0 Å². The Bertz CT molecular complexity index is 604. The molecular weight excluding hydrogens is 307 g/mol. The van der Waals surface area contributed by atoms with E-state index < -0.39 is 35.9 Å². The lowest BCUT2D eigenvalue weighted by atomic mass is 10.3. The molecule has 2 rings (SSSR count). The van der Waals surface area contributed by atoms with E-state index in [1.54, 1.807) is 0 Å². The molecule has 1 aromatic rings. The normalized spacial score (nSPS) is 16.5. The average Bonchev–Trinajstić information content (AvgIpc) is 2.94. The number of hydrogen-bond donors (Lipinski definition) is 1. The third-order valence-electron chi connectivity index (χ3n) is 3.22. The van der Waals surface area contributed by atoms with E-state index in [2.05, 4.69) is 5.32 Å². The standard InChI is InChI=1S/C15H17FN2O5/c1-9(13(19)18-8-7-17-15(18)21)23-14(20)10(2)22-12-5-3-11(16)4-6-12/h3-6,9-10H,7-8H2,1-2H3,(H,17,21)/t9-,10+/m0/s1. The van der Waals surface area contributed by atoms with Gasteiger partial charge in [0.1, 0.15) is 11.6 Å². The summed E-state index contributed by atoms with van der Waals surface area (Å²) in [6.07, 6.45) is -2.09. The minimum absolute atomic E-state index is 0.237. The summed E-state index contributed by atoms with van der Waals surface area (Å²) in [6, 6.07) is 4.65. The van der Waals surface area contributed by atoms with Crippen molar-refractivity contribution in [1.29, 1.82) is 0 Å². The number of halogens is 1. The molecule has 1 aliphatic rings. The summed E-state index contributed by atoms with van der Waals surface area (Å²) >= 11 is 0. The fourth-order valence-corrected chi connectivity index (χ4v) is 1.99. The lowest BCUT2D eigenvalue weighted by Gasteiger charge is -2.20. The zero-order valence-electron chi connectivity index (χ0n) is 12.7. The van der Waals surface area contributed by atoms with Crippen molar-refractivity contribution in [3.8, 4) is 5.75 Å². The number of carbonyl (C=O) groups excluding carboxylic acids is 3.